The second kappa shape index (κ2) is 10.7. The molecule has 204 valence electrons. The second-order valence-electron chi connectivity index (χ2n) is 9.83. The van der Waals surface area contributed by atoms with Gasteiger partial charge in [-0.15, -0.1) is 11.3 Å². The number of morpholine rings is 1. The van der Waals surface area contributed by atoms with E-state index in [0.717, 1.165) is 36.2 Å². The van der Waals surface area contributed by atoms with Gasteiger partial charge < -0.3 is 40.6 Å². The first-order valence-corrected chi connectivity index (χ1v) is 13.9. The summed E-state index contributed by atoms with van der Waals surface area (Å²) < 4.78 is 17.3. The highest BCUT2D eigenvalue weighted by molar-refractivity contribution is 7.14. The zero-order chi connectivity index (χ0) is 26.9. The van der Waals surface area contributed by atoms with Crippen molar-refractivity contribution < 1.29 is 18.4 Å². The van der Waals surface area contributed by atoms with E-state index in [2.05, 4.69) is 15.6 Å². The van der Waals surface area contributed by atoms with Crippen LogP contribution in [-0.2, 0) is 4.74 Å². The Bertz CT molecular complexity index is 1560. The van der Waals surface area contributed by atoms with Crippen LogP contribution in [0.25, 0.3) is 21.6 Å². The fourth-order valence-electron chi connectivity index (χ4n) is 5.18. The number of hydrogen-bond donors (Lipinski definition) is 4. The van der Waals surface area contributed by atoms with Gasteiger partial charge in [-0.3, -0.25) is 9.59 Å². The van der Waals surface area contributed by atoms with Gasteiger partial charge >= 0.3 is 0 Å². The number of pyridine rings is 1. The van der Waals surface area contributed by atoms with Crippen molar-refractivity contribution >= 4 is 51.4 Å². The van der Waals surface area contributed by atoms with Crippen LogP contribution in [0.2, 0.25) is 0 Å². The van der Waals surface area contributed by atoms with Gasteiger partial charge in [0.1, 0.15) is 6.26 Å². The Morgan fingerprint density at radius 1 is 1.13 bits per heavy atom. The molecule has 1 saturated heterocycles. The Morgan fingerprint density at radius 2 is 1.95 bits per heavy atom. The molecular weight excluding hydrogens is 520 g/mol. The molecule has 0 aromatic carbocycles. The van der Waals surface area contributed by atoms with Gasteiger partial charge in [0, 0.05) is 25.2 Å². The van der Waals surface area contributed by atoms with E-state index in [9.17, 15) is 9.59 Å². The number of aromatic nitrogens is 1. The van der Waals surface area contributed by atoms with Gasteiger partial charge in [0.25, 0.3) is 5.91 Å². The lowest BCUT2D eigenvalue weighted by Crippen LogP contribution is -2.42. The predicted molar refractivity (Wildman–Crippen MR) is 151 cm³/mol. The Hall–Kier alpha value is -3.87. The molecule has 0 unspecified atom stereocenters. The van der Waals surface area contributed by atoms with Gasteiger partial charge in [0.05, 0.1) is 53.0 Å². The fourth-order valence-corrected chi connectivity index (χ4v) is 6.03. The van der Waals surface area contributed by atoms with Crippen molar-refractivity contribution in [3.63, 3.8) is 0 Å². The summed E-state index contributed by atoms with van der Waals surface area (Å²) in [7, 11) is 0. The number of nitrogens with one attached hydrogen (secondary N) is 2. The molecular formula is C27H30N6O5S. The Morgan fingerprint density at radius 3 is 2.74 bits per heavy atom. The summed E-state index contributed by atoms with van der Waals surface area (Å²) in [5.74, 6) is -0.172. The molecule has 39 heavy (non-hydrogen) atoms. The zero-order valence-corrected chi connectivity index (χ0v) is 22.1. The molecule has 1 aliphatic heterocycles. The summed E-state index contributed by atoms with van der Waals surface area (Å²) in [5.41, 5.74) is 14.9. The summed E-state index contributed by atoms with van der Waals surface area (Å²) >= 11 is 1.45. The molecule has 1 amide bonds. The molecule has 4 aromatic rings. The van der Waals surface area contributed by atoms with Crippen LogP contribution in [0, 0.1) is 0 Å². The van der Waals surface area contributed by atoms with Gasteiger partial charge in [-0.05, 0) is 30.4 Å². The highest BCUT2D eigenvalue weighted by atomic mass is 32.1. The summed E-state index contributed by atoms with van der Waals surface area (Å²) in [5, 5.41) is 8.70. The maximum Gasteiger partial charge on any atom is 0.269 e. The maximum absolute atomic E-state index is 12.8. The number of fused-ring (bicyclic) bond motifs is 1. The van der Waals surface area contributed by atoms with Crippen molar-refractivity contribution in [3.8, 4) is 10.4 Å². The molecule has 6 N–H and O–H groups in total. The van der Waals surface area contributed by atoms with E-state index in [1.54, 1.807) is 6.20 Å². The van der Waals surface area contributed by atoms with Crippen molar-refractivity contribution in [2.45, 2.75) is 37.8 Å². The summed E-state index contributed by atoms with van der Waals surface area (Å²) in [6, 6.07) is 5.34. The molecule has 4 aromatic heterocycles. The number of anilines is 4. The molecule has 0 radical (unpaired) electrons. The second-order valence-corrected chi connectivity index (χ2v) is 10.7. The van der Waals surface area contributed by atoms with Crippen molar-refractivity contribution in [2.75, 3.05) is 41.8 Å². The van der Waals surface area contributed by atoms with Crippen molar-refractivity contribution in [3.05, 3.63) is 52.0 Å². The topological polar surface area (TPSA) is 162 Å². The third-order valence-electron chi connectivity index (χ3n) is 7.22. The van der Waals surface area contributed by atoms with Crippen LogP contribution < -0.4 is 32.4 Å². The molecule has 1 saturated carbocycles. The monoisotopic (exact) mass is 550 g/mol. The zero-order valence-electron chi connectivity index (χ0n) is 21.3. The lowest BCUT2D eigenvalue weighted by Gasteiger charge is -2.30. The molecule has 1 aliphatic carbocycles. The number of nitrogens with zero attached hydrogens (tertiary/aromatic N) is 2. The van der Waals surface area contributed by atoms with Gasteiger partial charge in [0.15, 0.2) is 17.2 Å². The number of carbonyl (C=O) groups is 1. The first kappa shape index (κ1) is 25.4. The first-order valence-electron chi connectivity index (χ1n) is 13.0. The molecule has 11 nitrogen and oxygen atoms in total. The molecule has 12 heteroatoms. The number of primary amides is 1. The minimum atomic E-state index is -0.648. The number of ether oxygens (including phenoxy) is 1. The number of rotatable bonds is 7. The third-order valence-corrected chi connectivity index (χ3v) is 8.17. The molecule has 2 fully saturated rings. The summed E-state index contributed by atoms with van der Waals surface area (Å²) in [6.07, 6.45) is 7.31. The Balaban J connectivity index is 1.34. The minimum absolute atomic E-state index is 0.0563. The normalized spacial score (nSPS) is 19.8. The highest BCUT2D eigenvalue weighted by Gasteiger charge is 2.24. The number of carbonyl (C=O) groups excluding carboxylic acids is 1. The minimum Gasteiger partial charge on any atom is -0.456 e. The van der Waals surface area contributed by atoms with Crippen LogP contribution >= 0.6 is 11.3 Å². The van der Waals surface area contributed by atoms with Gasteiger partial charge in [-0.2, -0.15) is 0 Å². The molecule has 0 bridgehead atoms. The molecule has 2 aliphatic rings. The Labute approximate surface area is 228 Å². The largest absolute Gasteiger partial charge is 0.456 e. The van der Waals surface area contributed by atoms with Crippen molar-refractivity contribution in [1.82, 2.24) is 4.98 Å². The summed E-state index contributed by atoms with van der Waals surface area (Å²) in [4.78, 5) is 32.2. The van der Waals surface area contributed by atoms with Crippen LogP contribution in [0.15, 0.2) is 49.7 Å². The van der Waals surface area contributed by atoms with E-state index in [4.69, 9.17) is 25.0 Å². The molecule has 2 atom stereocenters. The third kappa shape index (κ3) is 5.10. The molecule has 0 spiro atoms. The molecule has 6 rings (SSSR count). The molecule has 5 heterocycles. The van der Waals surface area contributed by atoms with Gasteiger partial charge in [-0.25, -0.2) is 4.98 Å². The Kier molecular flexibility index (Phi) is 6.98. The highest BCUT2D eigenvalue weighted by Crippen LogP contribution is 2.41. The SMILES string of the molecule is NC(=O)c1ncc(N[C@H]2CCCC[C@H]2N)cc1Nc1ccsc1-c1coc2c(=O)cc(N3CCOCC3)oc12. The smallest absolute Gasteiger partial charge is 0.269 e. The van der Waals surface area contributed by atoms with Gasteiger partial charge in [0.2, 0.25) is 11.0 Å². The van der Waals surface area contributed by atoms with E-state index >= 15 is 0 Å². The van der Waals surface area contributed by atoms with Crippen LogP contribution in [0.4, 0.5) is 22.9 Å². The van der Waals surface area contributed by atoms with Gasteiger partial charge in [-0.1, -0.05) is 12.8 Å². The predicted octanol–water partition coefficient (Wildman–Crippen LogP) is 3.87. The number of thiophene rings is 1. The number of furan rings is 1. The van der Waals surface area contributed by atoms with E-state index < -0.39 is 5.91 Å². The van der Waals surface area contributed by atoms with E-state index in [1.807, 2.05) is 22.4 Å². The first-order chi connectivity index (χ1) is 19.0. The fraction of sp³-hybridized carbons (Fsp3) is 0.370. The summed E-state index contributed by atoms with van der Waals surface area (Å²) in [6.45, 7) is 2.39. The quantitative estimate of drug-likeness (QED) is 0.266. The van der Waals surface area contributed by atoms with Crippen LogP contribution in [0.3, 0.4) is 0 Å². The lowest BCUT2D eigenvalue weighted by molar-refractivity contribution is 0.0996. The lowest BCUT2D eigenvalue weighted by atomic mass is 9.91. The van der Waals surface area contributed by atoms with Crippen molar-refractivity contribution in [2.24, 2.45) is 11.5 Å². The number of nitrogens with two attached hydrogens (primary N) is 2. The van der Waals surface area contributed by atoms with Crippen LogP contribution in [0.5, 0.6) is 0 Å². The maximum atomic E-state index is 12.8. The van der Waals surface area contributed by atoms with E-state index in [-0.39, 0.29) is 28.8 Å². The van der Waals surface area contributed by atoms with Crippen LogP contribution in [0.1, 0.15) is 36.2 Å². The average molecular weight is 551 g/mol. The van der Waals surface area contributed by atoms with Crippen LogP contribution in [-0.4, -0.2) is 49.3 Å². The van der Waals surface area contributed by atoms with E-state index in [1.165, 1.54) is 23.7 Å². The number of hydrogen-bond acceptors (Lipinski definition) is 11. The standard InChI is InChI=1S/C27H30N6O5S/c28-17-3-1-2-4-18(17)31-15-11-20(23(27(29)35)30-13-15)32-19-5-10-39-26(19)16-14-37-25-21(34)12-22(38-24(16)25)33-6-8-36-9-7-33/h5,10-14,17-18,31-32H,1-4,6-9,28H2,(H2,29,35)/t17-,18+/m1/s1. The number of amides is 1. The van der Waals surface area contributed by atoms with Crippen molar-refractivity contribution in [1.29, 1.82) is 0 Å². The average Bonchev–Trinajstić information content (AvgIpc) is 3.57. The van der Waals surface area contributed by atoms with E-state index in [0.29, 0.717) is 54.7 Å².